The fourth-order valence-corrected chi connectivity index (χ4v) is 2.24. The Morgan fingerprint density at radius 3 is 2.71 bits per heavy atom. The predicted molar refractivity (Wildman–Crippen MR) is 74.7 cm³/mol. The third-order valence-electron chi connectivity index (χ3n) is 2.96. The van der Waals surface area contributed by atoms with Crippen molar-refractivity contribution in [3.8, 4) is 0 Å². The highest BCUT2D eigenvalue weighted by Gasteiger charge is 2.12. The molecule has 0 fully saturated rings. The predicted octanol–water partition coefficient (Wildman–Crippen LogP) is 3.91. The monoisotopic (exact) mass is 248 g/mol. The Hall–Kier alpha value is -1.28. The molecule has 1 atom stereocenters. The SMILES string of the molecule is CC(C)C(CCl)Nc1ccnc2ccccc12. The normalized spacial score (nSPS) is 12.9. The third kappa shape index (κ3) is 2.70. The third-order valence-corrected chi connectivity index (χ3v) is 3.29. The molecule has 1 aromatic heterocycles. The van der Waals surface area contributed by atoms with E-state index >= 15 is 0 Å². The summed E-state index contributed by atoms with van der Waals surface area (Å²) in [4.78, 5) is 4.35. The number of pyridine rings is 1. The van der Waals surface area contributed by atoms with Gasteiger partial charge in [0.25, 0.3) is 0 Å². The topological polar surface area (TPSA) is 24.9 Å². The molecule has 0 aliphatic carbocycles. The minimum absolute atomic E-state index is 0.280. The number of alkyl halides is 1. The molecule has 0 saturated carbocycles. The number of rotatable bonds is 4. The van der Waals surface area contributed by atoms with Crippen molar-refractivity contribution in [2.45, 2.75) is 19.9 Å². The van der Waals surface area contributed by atoms with Gasteiger partial charge in [-0.05, 0) is 18.1 Å². The van der Waals surface area contributed by atoms with E-state index in [4.69, 9.17) is 11.6 Å². The van der Waals surface area contributed by atoms with Gasteiger partial charge in [0, 0.05) is 29.2 Å². The zero-order chi connectivity index (χ0) is 12.3. The Labute approximate surface area is 107 Å². The van der Waals surface area contributed by atoms with Crippen LogP contribution in [0, 0.1) is 5.92 Å². The molecule has 0 aliphatic rings. The first kappa shape index (κ1) is 12.2. The van der Waals surface area contributed by atoms with E-state index in [1.807, 2.05) is 30.5 Å². The smallest absolute Gasteiger partial charge is 0.0722 e. The minimum Gasteiger partial charge on any atom is -0.380 e. The van der Waals surface area contributed by atoms with Crippen LogP contribution in [0.25, 0.3) is 10.9 Å². The molecule has 2 aromatic rings. The summed E-state index contributed by atoms with van der Waals surface area (Å²) in [6.45, 7) is 4.34. The van der Waals surface area contributed by atoms with E-state index in [-0.39, 0.29) is 6.04 Å². The standard InChI is InChI=1S/C14H17ClN2/c1-10(2)14(9-15)17-13-7-8-16-12-6-4-3-5-11(12)13/h3-8,10,14H,9H2,1-2H3,(H,16,17). The van der Waals surface area contributed by atoms with Crippen molar-refractivity contribution >= 4 is 28.2 Å². The Kier molecular flexibility index (Phi) is 3.85. The van der Waals surface area contributed by atoms with Crippen LogP contribution in [0.5, 0.6) is 0 Å². The van der Waals surface area contributed by atoms with Crippen molar-refractivity contribution in [1.29, 1.82) is 0 Å². The van der Waals surface area contributed by atoms with Crippen LogP contribution in [0.3, 0.4) is 0 Å². The molecule has 0 amide bonds. The maximum absolute atomic E-state index is 5.99. The van der Waals surface area contributed by atoms with Crippen LogP contribution >= 0.6 is 11.6 Å². The van der Waals surface area contributed by atoms with Crippen LogP contribution in [-0.4, -0.2) is 16.9 Å². The van der Waals surface area contributed by atoms with E-state index in [2.05, 4.69) is 30.2 Å². The van der Waals surface area contributed by atoms with E-state index in [9.17, 15) is 0 Å². The summed E-state index contributed by atoms with van der Waals surface area (Å²) in [6, 6.07) is 10.4. The number of aromatic nitrogens is 1. The van der Waals surface area contributed by atoms with Gasteiger partial charge in [0.2, 0.25) is 0 Å². The van der Waals surface area contributed by atoms with Crippen molar-refractivity contribution in [2.75, 3.05) is 11.2 Å². The highest BCUT2D eigenvalue weighted by atomic mass is 35.5. The highest BCUT2D eigenvalue weighted by Crippen LogP contribution is 2.23. The van der Waals surface area contributed by atoms with Gasteiger partial charge in [-0.1, -0.05) is 32.0 Å². The van der Waals surface area contributed by atoms with E-state index in [1.54, 1.807) is 0 Å². The van der Waals surface area contributed by atoms with Gasteiger partial charge in [-0.3, -0.25) is 4.98 Å². The molecule has 1 unspecified atom stereocenters. The van der Waals surface area contributed by atoms with Crippen LogP contribution in [0.15, 0.2) is 36.5 Å². The first-order valence-corrected chi connectivity index (χ1v) is 6.42. The number of hydrogen-bond acceptors (Lipinski definition) is 2. The average Bonchev–Trinajstić information content (AvgIpc) is 2.35. The Morgan fingerprint density at radius 1 is 1.24 bits per heavy atom. The summed E-state index contributed by atoms with van der Waals surface area (Å²) >= 11 is 5.99. The number of fused-ring (bicyclic) bond motifs is 1. The second-order valence-electron chi connectivity index (χ2n) is 4.52. The Bertz CT molecular complexity index is 491. The average molecular weight is 249 g/mol. The summed E-state index contributed by atoms with van der Waals surface area (Å²) in [5.41, 5.74) is 2.12. The lowest BCUT2D eigenvalue weighted by atomic mass is 10.1. The molecule has 0 radical (unpaired) electrons. The van der Waals surface area contributed by atoms with Crippen LogP contribution in [0.4, 0.5) is 5.69 Å². The van der Waals surface area contributed by atoms with Gasteiger partial charge in [-0.15, -0.1) is 11.6 Å². The fourth-order valence-electron chi connectivity index (χ4n) is 1.80. The van der Waals surface area contributed by atoms with E-state index < -0.39 is 0 Å². The van der Waals surface area contributed by atoms with Gasteiger partial charge in [-0.2, -0.15) is 0 Å². The quantitative estimate of drug-likeness (QED) is 0.830. The largest absolute Gasteiger partial charge is 0.380 e. The molecule has 2 rings (SSSR count). The first-order chi connectivity index (χ1) is 8.22. The molecule has 3 heteroatoms. The molecule has 1 aromatic carbocycles. The lowest BCUT2D eigenvalue weighted by Crippen LogP contribution is -2.27. The maximum atomic E-state index is 5.99. The van der Waals surface area contributed by atoms with Crippen molar-refractivity contribution in [1.82, 2.24) is 4.98 Å². The Morgan fingerprint density at radius 2 is 2.00 bits per heavy atom. The molecular weight excluding hydrogens is 232 g/mol. The second-order valence-corrected chi connectivity index (χ2v) is 4.83. The molecule has 1 N–H and O–H groups in total. The fraction of sp³-hybridized carbons (Fsp3) is 0.357. The summed E-state index contributed by atoms with van der Waals surface area (Å²) in [6.07, 6.45) is 1.83. The molecule has 2 nitrogen and oxygen atoms in total. The van der Waals surface area contributed by atoms with Crippen molar-refractivity contribution < 1.29 is 0 Å². The zero-order valence-electron chi connectivity index (χ0n) is 10.2. The van der Waals surface area contributed by atoms with E-state index in [0.717, 1.165) is 16.6 Å². The lowest BCUT2D eigenvalue weighted by Gasteiger charge is -2.21. The van der Waals surface area contributed by atoms with Gasteiger partial charge in [-0.25, -0.2) is 0 Å². The number of anilines is 1. The maximum Gasteiger partial charge on any atom is 0.0722 e. The molecule has 90 valence electrons. The number of halogens is 1. The number of hydrogen-bond donors (Lipinski definition) is 1. The van der Waals surface area contributed by atoms with Crippen LogP contribution in [0.2, 0.25) is 0 Å². The number of nitrogens with one attached hydrogen (secondary N) is 1. The van der Waals surface area contributed by atoms with Crippen LogP contribution < -0.4 is 5.32 Å². The van der Waals surface area contributed by atoms with Gasteiger partial charge < -0.3 is 5.32 Å². The Balaban J connectivity index is 2.35. The first-order valence-electron chi connectivity index (χ1n) is 5.88. The zero-order valence-corrected chi connectivity index (χ0v) is 10.9. The molecule has 0 saturated heterocycles. The molecule has 17 heavy (non-hydrogen) atoms. The molecule has 0 bridgehead atoms. The number of para-hydroxylation sites is 1. The van der Waals surface area contributed by atoms with Crippen LogP contribution in [-0.2, 0) is 0 Å². The summed E-state index contributed by atoms with van der Waals surface area (Å²) in [5.74, 6) is 1.10. The molecule has 0 aliphatic heterocycles. The van der Waals surface area contributed by atoms with Gasteiger partial charge in [0.05, 0.1) is 5.52 Å². The van der Waals surface area contributed by atoms with Crippen LogP contribution in [0.1, 0.15) is 13.8 Å². The van der Waals surface area contributed by atoms with Gasteiger partial charge >= 0.3 is 0 Å². The van der Waals surface area contributed by atoms with Crippen molar-refractivity contribution in [2.24, 2.45) is 5.92 Å². The molecular formula is C14H17ClN2. The summed E-state index contributed by atoms with van der Waals surface area (Å²) in [7, 11) is 0. The number of benzene rings is 1. The highest BCUT2D eigenvalue weighted by molar-refractivity contribution is 6.18. The van der Waals surface area contributed by atoms with E-state index in [0.29, 0.717) is 11.8 Å². The summed E-state index contributed by atoms with van der Waals surface area (Å²) in [5, 5.41) is 4.64. The van der Waals surface area contributed by atoms with Gasteiger partial charge in [0.1, 0.15) is 0 Å². The molecule has 0 spiro atoms. The van der Waals surface area contributed by atoms with Crippen molar-refractivity contribution in [3.63, 3.8) is 0 Å². The molecule has 1 heterocycles. The lowest BCUT2D eigenvalue weighted by molar-refractivity contribution is 0.565. The minimum atomic E-state index is 0.280. The number of nitrogens with zero attached hydrogens (tertiary/aromatic N) is 1. The summed E-state index contributed by atoms with van der Waals surface area (Å²) < 4.78 is 0. The second kappa shape index (κ2) is 5.37. The van der Waals surface area contributed by atoms with Gasteiger partial charge in [0.15, 0.2) is 0 Å². The van der Waals surface area contributed by atoms with E-state index in [1.165, 1.54) is 0 Å². The van der Waals surface area contributed by atoms with Crippen molar-refractivity contribution in [3.05, 3.63) is 36.5 Å².